The van der Waals surface area contributed by atoms with Gasteiger partial charge in [-0.2, -0.15) is 0 Å². The fourth-order valence-corrected chi connectivity index (χ4v) is 5.25. The molecular weight excluding hydrogens is 312 g/mol. The van der Waals surface area contributed by atoms with E-state index in [1.54, 1.807) is 17.3 Å². The number of benzene rings is 1. The topological polar surface area (TPSA) is 33.2 Å². The molecule has 0 spiro atoms. The number of nitrogens with zero attached hydrogens (tertiary/aromatic N) is 2. The minimum Gasteiger partial charge on any atom is -0.337 e. The van der Waals surface area contributed by atoms with E-state index in [1.165, 1.54) is 17.1 Å². The normalized spacial score (nSPS) is 15.0. The molecule has 2 aromatic rings. The van der Waals surface area contributed by atoms with Crippen LogP contribution in [0.15, 0.2) is 48.8 Å². The number of aromatic nitrogens is 1. The van der Waals surface area contributed by atoms with Crippen molar-refractivity contribution in [3.63, 3.8) is 0 Å². The van der Waals surface area contributed by atoms with Crippen LogP contribution in [-0.4, -0.2) is 34.3 Å². The van der Waals surface area contributed by atoms with Gasteiger partial charge in [0.2, 0.25) is 0 Å². The number of rotatable bonds is 4. The lowest BCUT2D eigenvalue weighted by Crippen LogP contribution is -2.26. The first kappa shape index (κ1) is 15.4. The number of hydrogen-bond acceptors (Lipinski definition) is 4. The second-order valence-corrected chi connectivity index (χ2v) is 7.94. The lowest BCUT2D eigenvalue weighted by Gasteiger charge is -2.18. The van der Waals surface area contributed by atoms with Crippen molar-refractivity contribution in [1.29, 1.82) is 0 Å². The molecule has 1 fully saturated rings. The van der Waals surface area contributed by atoms with E-state index in [1.807, 2.05) is 54.8 Å². The van der Waals surface area contributed by atoms with Crippen LogP contribution in [0.25, 0.3) is 0 Å². The van der Waals surface area contributed by atoms with Gasteiger partial charge in [0.1, 0.15) is 0 Å². The SMILES string of the molecule is CN(Cc1ccncc1)C(=O)c1ccc(C2SCCS2)cc1. The van der Waals surface area contributed by atoms with Crippen LogP contribution in [0.2, 0.25) is 0 Å². The van der Waals surface area contributed by atoms with E-state index in [-0.39, 0.29) is 5.91 Å². The standard InChI is InChI=1S/C17H18N2OS2/c1-19(12-13-6-8-18-9-7-13)16(20)14-2-4-15(5-3-14)17-21-10-11-22-17/h2-9,17H,10-12H2,1H3. The van der Waals surface area contributed by atoms with E-state index in [0.717, 1.165) is 11.1 Å². The monoisotopic (exact) mass is 330 g/mol. The lowest BCUT2D eigenvalue weighted by molar-refractivity contribution is 0.0785. The Morgan fingerprint density at radius 2 is 1.77 bits per heavy atom. The highest BCUT2D eigenvalue weighted by Gasteiger charge is 2.19. The van der Waals surface area contributed by atoms with Gasteiger partial charge in [0.05, 0.1) is 4.58 Å². The van der Waals surface area contributed by atoms with Crippen molar-refractivity contribution in [2.24, 2.45) is 0 Å². The molecule has 1 amide bonds. The summed E-state index contributed by atoms with van der Waals surface area (Å²) in [6.45, 7) is 0.595. The van der Waals surface area contributed by atoms with Crippen molar-refractivity contribution in [2.75, 3.05) is 18.6 Å². The molecule has 2 heterocycles. The molecule has 1 aliphatic rings. The Morgan fingerprint density at radius 1 is 1.14 bits per heavy atom. The zero-order chi connectivity index (χ0) is 15.4. The third kappa shape index (κ3) is 3.65. The van der Waals surface area contributed by atoms with Gasteiger partial charge in [-0.3, -0.25) is 9.78 Å². The van der Waals surface area contributed by atoms with E-state index < -0.39 is 0 Å². The van der Waals surface area contributed by atoms with Gasteiger partial charge < -0.3 is 4.90 Å². The molecule has 0 bridgehead atoms. The first-order valence-electron chi connectivity index (χ1n) is 7.21. The van der Waals surface area contributed by atoms with Gasteiger partial charge in [-0.15, -0.1) is 23.5 Å². The van der Waals surface area contributed by atoms with Crippen LogP contribution >= 0.6 is 23.5 Å². The van der Waals surface area contributed by atoms with E-state index >= 15 is 0 Å². The maximum absolute atomic E-state index is 12.5. The first-order valence-corrected chi connectivity index (χ1v) is 9.31. The smallest absolute Gasteiger partial charge is 0.253 e. The van der Waals surface area contributed by atoms with Crippen molar-refractivity contribution >= 4 is 29.4 Å². The number of thioether (sulfide) groups is 2. The molecule has 0 unspecified atom stereocenters. The molecule has 1 aromatic carbocycles. The Hall–Kier alpha value is -1.46. The van der Waals surface area contributed by atoms with Gasteiger partial charge in [0, 0.05) is 43.1 Å². The summed E-state index contributed by atoms with van der Waals surface area (Å²) in [7, 11) is 1.83. The summed E-state index contributed by atoms with van der Waals surface area (Å²) in [6.07, 6.45) is 3.50. The predicted molar refractivity (Wildman–Crippen MR) is 94.1 cm³/mol. The Bertz CT molecular complexity index is 625. The molecule has 5 heteroatoms. The number of carbonyl (C=O) groups is 1. The third-order valence-electron chi connectivity index (χ3n) is 3.57. The van der Waals surface area contributed by atoms with E-state index in [4.69, 9.17) is 0 Å². The molecule has 3 nitrogen and oxygen atoms in total. The van der Waals surface area contributed by atoms with Gasteiger partial charge in [-0.05, 0) is 35.4 Å². The molecule has 0 atom stereocenters. The maximum Gasteiger partial charge on any atom is 0.253 e. The fourth-order valence-electron chi connectivity index (χ4n) is 2.39. The summed E-state index contributed by atoms with van der Waals surface area (Å²) < 4.78 is 0.527. The molecule has 3 rings (SSSR count). The number of carbonyl (C=O) groups excluding carboxylic acids is 1. The Kier molecular flexibility index (Phi) is 5.05. The Morgan fingerprint density at radius 3 is 2.41 bits per heavy atom. The summed E-state index contributed by atoms with van der Waals surface area (Å²) in [4.78, 5) is 18.2. The molecule has 22 heavy (non-hydrogen) atoms. The summed E-state index contributed by atoms with van der Waals surface area (Å²) in [5.41, 5.74) is 3.13. The lowest BCUT2D eigenvalue weighted by atomic mass is 10.1. The largest absolute Gasteiger partial charge is 0.337 e. The quantitative estimate of drug-likeness (QED) is 0.853. The molecule has 0 N–H and O–H groups in total. The van der Waals surface area contributed by atoms with E-state index in [0.29, 0.717) is 11.1 Å². The van der Waals surface area contributed by atoms with Gasteiger partial charge in [0.25, 0.3) is 5.91 Å². The van der Waals surface area contributed by atoms with Crippen LogP contribution < -0.4 is 0 Å². The minimum absolute atomic E-state index is 0.0510. The summed E-state index contributed by atoms with van der Waals surface area (Å²) in [6, 6.07) is 11.9. The molecule has 1 saturated heterocycles. The number of hydrogen-bond donors (Lipinski definition) is 0. The van der Waals surface area contributed by atoms with Crippen LogP contribution in [-0.2, 0) is 6.54 Å². The molecule has 0 radical (unpaired) electrons. The summed E-state index contributed by atoms with van der Waals surface area (Å²) >= 11 is 3.96. The maximum atomic E-state index is 12.5. The van der Waals surface area contributed by atoms with Crippen LogP contribution in [0, 0.1) is 0 Å². The van der Waals surface area contributed by atoms with Crippen LogP contribution in [0.3, 0.4) is 0 Å². The predicted octanol–water partition coefficient (Wildman–Crippen LogP) is 3.83. The van der Waals surface area contributed by atoms with Crippen LogP contribution in [0.5, 0.6) is 0 Å². The second kappa shape index (κ2) is 7.20. The van der Waals surface area contributed by atoms with Crippen molar-refractivity contribution < 1.29 is 4.79 Å². The Labute approximate surface area is 139 Å². The molecule has 0 aliphatic carbocycles. The van der Waals surface area contributed by atoms with Crippen LogP contribution in [0.4, 0.5) is 0 Å². The van der Waals surface area contributed by atoms with Gasteiger partial charge in [-0.25, -0.2) is 0 Å². The third-order valence-corrected chi connectivity index (χ3v) is 6.67. The molecule has 1 aromatic heterocycles. The average molecular weight is 330 g/mol. The highest BCUT2D eigenvalue weighted by atomic mass is 32.2. The highest BCUT2D eigenvalue weighted by Crippen LogP contribution is 2.45. The summed E-state index contributed by atoms with van der Waals surface area (Å²) in [5.74, 6) is 2.48. The van der Waals surface area contributed by atoms with Crippen molar-refractivity contribution in [3.05, 3.63) is 65.5 Å². The number of amides is 1. The van der Waals surface area contributed by atoms with Gasteiger partial charge in [-0.1, -0.05) is 12.1 Å². The molecular formula is C17H18N2OS2. The average Bonchev–Trinajstić information content (AvgIpc) is 3.10. The van der Waals surface area contributed by atoms with Crippen molar-refractivity contribution in [2.45, 2.75) is 11.1 Å². The second-order valence-electron chi connectivity index (χ2n) is 5.21. The zero-order valence-electron chi connectivity index (χ0n) is 12.4. The highest BCUT2D eigenvalue weighted by molar-refractivity contribution is 8.19. The Balaban J connectivity index is 1.66. The van der Waals surface area contributed by atoms with E-state index in [2.05, 4.69) is 17.1 Å². The van der Waals surface area contributed by atoms with Gasteiger partial charge >= 0.3 is 0 Å². The fraction of sp³-hybridized carbons (Fsp3) is 0.294. The molecule has 1 aliphatic heterocycles. The first-order chi connectivity index (χ1) is 10.7. The summed E-state index contributed by atoms with van der Waals surface area (Å²) in [5, 5.41) is 0. The van der Waals surface area contributed by atoms with Gasteiger partial charge in [0.15, 0.2) is 0 Å². The molecule has 0 saturated carbocycles. The van der Waals surface area contributed by atoms with Crippen LogP contribution in [0.1, 0.15) is 26.1 Å². The zero-order valence-corrected chi connectivity index (χ0v) is 14.1. The van der Waals surface area contributed by atoms with E-state index in [9.17, 15) is 4.79 Å². The minimum atomic E-state index is 0.0510. The van der Waals surface area contributed by atoms with Crippen molar-refractivity contribution in [1.82, 2.24) is 9.88 Å². The number of pyridine rings is 1. The molecule has 114 valence electrons. The van der Waals surface area contributed by atoms with Crippen molar-refractivity contribution in [3.8, 4) is 0 Å².